The maximum Gasteiger partial charge on any atom is 0.327 e. The lowest BCUT2D eigenvalue weighted by atomic mass is 10.00. The second kappa shape index (κ2) is 47.6. The molecular weight excluding hydrogens is 1530 g/mol. The molecule has 37 nitrogen and oxygen atoms in total. The predicted octanol–water partition coefficient (Wildman–Crippen LogP) is -4.91. The Kier molecular flexibility index (Phi) is 38.4. The minimum absolute atomic E-state index is 0.104. The fourth-order valence-electron chi connectivity index (χ4n) is 11.9. The summed E-state index contributed by atoms with van der Waals surface area (Å²) in [5.74, 6) is -17.7. The molecule has 15 atom stereocenters. The van der Waals surface area contributed by atoms with Gasteiger partial charge in [-0.05, 0) is 101 Å². The van der Waals surface area contributed by atoms with Crippen LogP contribution in [0.15, 0.2) is 121 Å². The van der Waals surface area contributed by atoms with Crippen molar-refractivity contribution in [3.05, 3.63) is 144 Å². The van der Waals surface area contributed by atoms with Crippen LogP contribution < -0.4 is 92.1 Å². The number of benzene rings is 4. The first kappa shape index (κ1) is 92.8. The molecule has 115 heavy (non-hydrogen) atoms. The highest BCUT2D eigenvalue weighted by Crippen LogP contribution is 2.25. The highest BCUT2D eigenvalue weighted by Gasteiger charge is 2.40. The second-order valence-electron chi connectivity index (χ2n) is 27.6. The number of hydrogen-bond acceptors (Lipinski definition) is 23. The van der Waals surface area contributed by atoms with Crippen molar-refractivity contribution in [1.29, 1.82) is 0 Å². The Morgan fingerprint density at radius 1 is 0.470 bits per heavy atom. The number of carboxylic acids is 1. The molecule has 2 heterocycles. The Hall–Kier alpha value is -11.1. The lowest BCUT2D eigenvalue weighted by molar-refractivity contribution is -0.142. The maximum atomic E-state index is 15.4. The van der Waals surface area contributed by atoms with Gasteiger partial charge in [0.15, 0.2) is 0 Å². The third kappa shape index (κ3) is 30.7. The number of nitrogens with two attached hydrogens (primary N) is 4. The number of fused-ring (bicyclic) bond motifs is 1. The van der Waals surface area contributed by atoms with Crippen LogP contribution in [-0.4, -0.2) is 243 Å². The quantitative estimate of drug-likeness (QED) is 0.0182. The van der Waals surface area contributed by atoms with Gasteiger partial charge in [0, 0.05) is 54.3 Å². The summed E-state index contributed by atoms with van der Waals surface area (Å²) in [6.45, 7) is 1.88. The summed E-state index contributed by atoms with van der Waals surface area (Å²) >= 11 is 0. The SMILES string of the molecule is C[C@H](N)C(=O)NCC(=O)NC1CSSC[C@@H](C(=O)O)NC(=O)C(CO)NC(=O)[C@H]([C@@H](C)O)NC(=O)C(Cc2ccccc2)NC(=O)[C@H]([C@@H](C)O)NC(=O)[C@H](CCCCN)NC(=O)C(Cc2c[nH]c3ccccc23)NC(=O)[C@H](Cc2ccccc2)NC(=O)C(Cc2ccccc2)NC(=O)[C@H](CC(N)=O)NC(=O)C(CCCCN)NC1=O. The number of rotatable bonds is 26. The standard InChI is InChI=1S/C76H104N18O19S2/c1-41(79)64(100)82-37-61(99)83-58-39-114-115-40-59(76(112)113)92-72(108)57(38-95)91-75(111)63(43(3)97)94-71(107)54(33-46-23-11-6-12-24-46)90-74(110)62(42(2)96)93-66(102)51(28-16-18-30-78)84-69(105)55(34-47-36-81-49-26-14-13-25-48(47)49)88-68(104)53(32-45-21-9-5-10-22-45)86-67(103)52(31-44-19-7-4-8-20-44)87-70(106)56(35-60(80)98)89-65(101)50(85-73(58)109)27-15-17-29-77/h4-14,19-26,36,41-43,50-59,62-63,81,95-97H,15-18,27-35,37-40,77-79H2,1-3H3,(H2,80,98)(H,82,100)(H,83,99)(H,84,105)(H,85,109)(H,86,103)(H,87,106)(H,88,104)(H,89,101)(H,90,110)(H,91,111)(H,92,108)(H,93,102)(H,94,107)(H,112,113)/t41-,42+,43+,50?,51-,52?,53-,54?,55?,56-,57?,58?,59-,62-,63-/m0/s1. The Morgan fingerprint density at radius 2 is 0.852 bits per heavy atom. The van der Waals surface area contributed by atoms with E-state index in [0.29, 0.717) is 39.6 Å². The highest BCUT2D eigenvalue weighted by atomic mass is 33.1. The van der Waals surface area contributed by atoms with Crippen LogP contribution in [0.2, 0.25) is 0 Å². The Bertz CT molecular complexity index is 4130. The minimum atomic E-state index is -1.99. The molecule has 1 aliphatic rings. The molecular formula is C76H104N18O19S2. The molecule has 1 saturated heterocycles. The fraction of sp³-hybridized carbons (Fsp3) is 0.461. The molecule has 1 aromatic heterocycles. The number of primary amides is 1. The number of carbonyl (C=O) groups is 15. The Balaban J connectivity index is 1.47. The zero-order chi connectivity index (χ0) is 84.3. The van der Waals surface area contributed by atoms with E-state index in [2.05, 4.69) is 74.1 Å². The molecule has 5 aromatic rings. The molecule has 1 fully saturated rings. The molecule has 6 unspecified atom stereocenters. The highest BCUT2D eigenvalue weighted by molar-refractivity contribution is 8.76. The summed E-state index contributed by atoms with van der Waals surface area (Å²) in [5.41, 5.74) is 25.6. The van der Waals surface area contributed by atoms with Crippen LogP contribution in [0, 0.1) is 0 Å². The molecule has 0 bridgehead atoms. The van der Waals surface area contributed by atoms with Crippen LogP contribution in [0.3, 0.4) is 0 Å². The monoisotopic (exact) mass is 1640 g/mol. The van der Waals surface area contributed by atoms with Crippen LogP contribution in [0.5, 0.6) is 0 Å². The summed E-state index contributed by atoms with van der Waals surface area (Å²) in [5, 5.41) is 76.1. The van der Waals surface area contributed by atoms with Crippen molar-refractivity contribution >= 4 is 121 Å². The van der Waals surface area contributed by atoms with Crippen molar-refractivity contribution in [2.75, 3.05) is 37.7 Å². The molecule has 4 aromatic carbocycles. The molecule has 26 N–H and O–H groups in total. The van der Waals surface area contributed by atoms with Crippen LogP contribution >= 0.6 is 21.6 Å². The summed E-state index contributed by atoms with van der Waals surface area (Å²) in [7, 11) is 1.49. The molecule has 0 radical (unpaired) electrons. The van der Waals surface area contributed by atoms with E-state index in [1.54, 1.807) is 121 Å². The van der Waals surface area contributed by atoms with E-state index in [4.69, 9.17) is 22.9 Å². The molecule has 624 valence electrons. The van der Waals surface area contributed by atoms with Crippen molar-refractivity contribution in [2.45, 2.75) is 182 Å². The number of aromatic nitrogens is 1. The van der Waals surface area contributed by atoms with Gasteiger partial charge in [-0.1, -0.05) is 131 Å². The van der Waals surface area contributed by atoms with Gasteiger partial charge in [0.2, 0.25) is 82.7 Å². The average Bonchev–Trinajstić information content (AvgIpc) is 1.71. The van der Waals surface area contributed by atoms with Gasteiger partial charge in [-0.25, -0.2) is 4.79 Å². The molecule has 39 heteroatoms. The normalized spacial score (nSPS) is 23.7. The van der Waals surface area contributed by atoms with E-state index in [-0.39, 0.29) is 70.9 Å². The number of nitrogens with one attached hydrogen (secondary N) is 14. The van der Waals surface area contributed by atoms with Crippen molar-refractivity contribution < 1.29 is 92.3 Å². The first-order valence-electron chi connectivity index (χ1n) is 37.4. The summed E-state index contributed by atoms with van der Waals surface area (Å²) < 4.78 is 0. The molecule has 0 saturated carbocycles. The van der Waals surface area contributed by atoms with E-state index in [9.17, 15) is 78.0 Å². The number of unbranched alkanes of at least 4 members (excludes halogenated alkanes) is 2. The minimum Gasteiger partial charge on any atom is -0.480 e. The van der Waals surface area contributed by atoms with Gasteiger partial charge in [0.05, 0.1) is 37.8 Å². The number of aliphatic carboxylic acids is 1. The first-order chi connectivity index (χ1) is 54.9. The smallest absolute Gasteiger partial charge is 0.327 e. The number of aliphatic hydroxyl groups is 3. The molecule has 0 spiro atoms. The lowest BCUT2D eigenvalue weighted by Crippen LogP contribution is -2.63. The van der Waals surface area contributed by atoms with E-state index in [0.717, 1.165) is 35.4 Å². The zero-order valence-electron chi connectivity index (χ0n) is 63.8. The van der Waals surface area contributed by atoms with Gasteiger partial charge in [0.1, 0.15) is 72.5 Å². The number of carboxylic acid groups (broad SMARTS) is 1. The number of H-pyrrole nitrogens is 1. The third-order valence-electron chi connectivity index (χ3n) is 18.3. The number of carbonyl (C=O) groups excluding carboxylic acids is 14. The average molecular weight is 1640 g/mol. The van der Waals surface area contributed by atoms with Crippen molar-refractivity contribution in [2.24, 2.45) is 22.9 Å². The molecule has 14 amide bonds. The maximum absolute atomic E-state index is 15.4. The van der Waals surface area contributed by atoms with E-state index in [1.165, 1.54) is 6.92 Å². The third-order valence-corrected chi connectivity index (χ3v) is 20.7. The van der Waals surface area contributed by atoms with Crippen LogP contribution in [0.4, 0.5) is 0 Å². The molecule has 1 aliphatic heterocycles. The van der Waals surface area contributed by atoms with Crippen molar-refractivity contribution in [1.82, 2.24) is 74.1 Å². The first-order valence-corrected chi connectivity index (χ1v) is 39.8. The van der Waals surface area contributed by atoms with Crippen LogP contribution in [0.25, 0.3) is 10.9 Å². The largest absolute Gasteiger partial charge is 0.480 e. The van der Waals surface area contributed by atoms with Gasteiger partial charge in [0.25, 0.3) is 0 Å². The second-order valence-corrected chi connectivity index (χ2v) is 30.1. The summed E-state index contributed by atoms with van der Waals surface area (Å²) in [6, 6.07) is 9.57. The van der Waals surface area contributed by atoms with Gasteiger partial charge in [-0.3, -0.25) is 67.1 Å². The molecule has 0 aliphatic carbocycles. The number of hydrogen-bond donors (Lipinski definition) is 22. The van der Waals surface area contributed by atoms with Gasteiger partial charge < -0.3 is 117 Å². The lowest BCUT2D eigenvalue weighted by Gasteiger charge is -2.29. The Morgan fingerprint density at radius 3 is 1.30 bits per heavy atom. The van der Waals surface area contributed by atoms with Crippen LogP contribution in [-0.2, 0) is 97.6 Å². The number of para-hydroxylation sites is 1. The number of aromatic amines is 1. The van der Waals surface area contributed by atoms with Crippen molar-refractivity contribution in [3.8, 4) is 0 Å². The number of aliphatic hydroxyl groups excluding tert-OH is 3. The fourth-order valence-corrected chi connectivity index (χ4v) is 14.3. The van der Waals surface area contributed by atoms with E-state index >= 15 is 14.4 Å². The topological polar surface area (TPSA) is 613 Å². The molecule has 6 rings (SSSR count). The van der Waals surface area contributed by atoms with Crippen LogP contribution in [0.1, 0.15) is 88.0 Å². The summed E-state index contributed by atoms with van der Waals surface area (Å²) in [4.78, 5) is 217. The summed E-state index contributed by atoms with van der Waals surface area (Å²) in [6.07, 6.45) is -3.48. The zero-order valence-corrected chi connectivity index (χ0v) is 65.4. The van der Waals surface area contributed by atoms with Gasteiger partial charge in [-0.15, -0.1) is 0 Å². The van der Waals surface area contributed by atoms with Gasteiger partial charge >= 0.3 is 5.97 Å². The number of amides is 14. The van der Waals surface area contributed by atoms with E-state index < -0.39 is 210 Å². The Labute approximate surface area is 670 Å². The van der Waals surface area contributed by atoms with E-state index in [1.807, 2.05) is 0 Å². The van der Waals surface area contributed by atoms with Crippen molar-refractivity contribution in [3.63, 3.8) is 0 Å². The van der Waals surface area contributed by atoms with Gasteiger partial charge in [-0.2, -0.15) is 0 Å². The predicted molar refractivity (Wildman–Crippen MR) is 425 cm³/mol.